The number of carbonyl (C=O) groups excluding carboxylic acids is 1. The first-order valence-corrected chi connectivity index (χ1v) is 4.54. The molecule has 0 N–H and O–H groups in total. The van der Waals surface area contributed by atoms with Gasteiger partial charge >= 0.3 is 0 Å². The maximum Gasteiger partial charge on any atom is 0.227 e. The van der Waals surface area contributed by atoms with Crippen LogP contribution < -0.4 is 0 Å². The average molecular weight is 173 g/mol. The molecule has 1 heterocycles. The molecule has 0 aromatic carbocycles. The normalized spacial score (nSPS) is 24.2. The highest BCUT2D eigenvalue weighted by molar-refractivity contribution is 5.78. The molecule has 3 nitrogen and oxygen atoms in total. The zero-order valence-corrected chi connectivity index (χ0v) is 8.46. The maximum atomic E-state index is 11.2. The van der Waals surface area contributed by atoms with Crippen LogP contribution in [0.15, 0.2) is 0 Å². The summed E-state index contributed by atoms with van der Waals surface area (Å²) < 4.78 is 5.19. The maximum absolute atomic E-state index is 11.2. The van der Waals surface area contributed by atoms with Gasteiger partial charge in [-0.25, -0.2) is 0 Å². The molecule has 0 radical (unpaired) electrons. The van der Waals surface area contributed by atoms with Crippen LogP contribution in [0.1, 0.15) is 20.8 Å². The molecule has 1 fully saturated rings. The first-order chi connectivity index (χ1) is 5.72. The number of rotatable bonds is 0. The Labute approximate surface area is 74.7 Å². The van der Waals surface area contributed by atoms with Crippen LogP contribution in [-0.2, 0) is 9.53 Å². The Bertz CT molecular complexity index is 122. The second kappa shape index (κ2) is 6.00. The highest BCUT2D eigenvalue weighted by atomic mass is 16.5. The lowest BCUT2D eigenvalue weighted by Crippen LogP contribution is -2.31. The molecular weight excluding hydrogens is 154 g/mol. The van der Waals surface area contributed by atoms with Gasteiger partial charge in [0.05, 0.1) is 19.1 Å². The minimum absolute atomic E-state index is 0.0347. The molecule has 12 heavy (non-hydrogen) atoms. The van der Waals surface area contributed by atoms with Crippen molar-refractivity contribution in [3.05, 3.63) is 0 Å². The summed E-state index contributed by atoms with van der Waals surface area (Å²) in [6.45, 7) is 7.86. The largest absolute Gasteiger partial charge is 0.379 e. The van der Waals surface area contributed by atoms with Crippen molar-refractivity contribution in [3.63, 3.8) is 0 Å². The van der Waals surface area contributed by atoms with Crippen LogP contribution in [0, 0.1) is 5.92 Å². The number of carbonyl (C=O) groups is 1. The minimum atomic E-state index is 0.0347. The van der Waals surface area contributed by atoms with Crippen LogP contribution in [0.5, 0.6) is 0 Å². The molecule has 1 aliphatic heterocycles. The van der Waals surface area contributed by atoms with Crippen LogP contribution in [0.3, 0.4) is 0 Å². The first-order valence-electron chi connectivity index (χ1n) is 4.54. The van der Waals surface area contributed by atoms with Crippen LogP contribution in [0.2, 0.25) is 0 Å². The predicted octanol–water partition coefficient (Wildman–Crippen LogP) is 1.14. The van der Waals surface area contributed by atoms with Crippen molar-refractivity contribution >= 4 is 5.91 Å². The van der Waals surface area contributed by atoms with Crippen LogP contribution in [0.4, 0.5) is 0 Å². The fourth-order valence-electron chi connectivity index (χ4n) is 1.02. The van der Waals surface area contributed by atoms with Crippen molar-refractivity contribution in [2.75, 3.05) is 26.8 Å². The Morgan fingerprint density at radius 3 is 2.67 bits per heavy atom. The van der Waals surface area contributed by atoms with Gasteiger partial charge in [0.15, 0.2) is 0 Å². The highest BCUT2D eigenvalue weighted by Gasteiger charge is 2.20. The summed E-state index contributed by atoms with van der Waals surface area (Å²) in [5.41, 5.74) is 0. The smallest absolute Gasteiger partial charge is 0.227 e. The molecule has 1 saturated heterocycles. The number of hydrogen-bond donors (Lipinski definition) is 0. The molecule has 1 rings (SSSR count). The lowest BCUT2D eigenvalue weighted by molar-refractivity contribution is -0.132. The van der Waals surface area contributed by atoms with Gasteiger partial charge in [-0.1, -0.05) is 20.8 Å². The van der Waals surface area contributed by atoms with Gasteiger partial charge in [0.1, 0.15) is 0 Å². The quantitative estimate of drug-likeness (QED) is 0.549. The molecule has 0 saturated carbocycles. The minimum Gasteiger partial charge on any atom is -0.379 e. The molecule has 1 atom stereocenters. The summed E-state index contributed by atoms with van der Waals surface area (Å²) in [6, 6.07) is 0. The van der Waals surface area contributed by atoms with Crippen LogP contribution >= 0.6 is 0 Å². The van der Waals surface area contributed by atoms with E-state index in [0.29, 0.717) is 13.2 Å². The number of nitrogens with zero attached hydrogens (tertiary/aromatic N) is 1. The van der Waals surface area contributed by atoms with Gasteiger partial charge < -0.3 is 9.64 Å². The molecule has 0 aromatic rings. The van der Waals surface area contributed by atoms with Crippen LogP contribution in [0.25, 0.3) is 0 Å². The SMILES string of the molecule is CC.CC1COCCN(C)C1=O. The number of likely N-dealkylation sites (N-methyl/N-ethyl adjacent to an activating group) is 1. The van der Waals surface area contributed by atoms with Crippen molar-refractivity contribution in [2.24, 2.45) is 5.92 Å². The Kier molecular flexibility index (Phi) is 5.72. The van der Waals surface area contributed by atoms with Crippen molar-refractivity contribution in [1.82, 2.24) is 4.90 Å². The summed E-state index contributed by atoms with van der Waals surface area (Å²) in [7, 11) is 1.81. The number of ether oxygens (including phenoxy) is 1. The zero-order chi connectivity index (χ0) is 9.56. The van der Waals surface area contributed by atoms with Gasteiger partial charge in [0.2, 0.25) is 5.91 Å². The van der Waals surface area contributed by atoms with Crippen LogP contribution in [-0.4, -0.2) is 37.6 Å². The highest BCUT2D eigenvalue weighted by Crippen LogP contribution is 2.05. The lowest BCUT2D eigenvalue weighted by Gasteiger charge is -2.14. The topological polar surface area (TPSA) is 29.5 Å². The van der Waals surface area contributed by atoms with Crippen molar-refractivity contribution in [3.8, 4) is 0 Å². The van der Waals surface area contributed by atoms with Gasteiger partial charge in [0, 0.05) is 13.6 Å². The number of hydrogen-bond acceptors (Lipinski definition) is 2. The molecule has 1 unspecified atom stereocenters. The molecule has 0 aromatic heterocycles. The van der Waals surface area contributed by atoms with Crippen molar-refractivity contribution in [2.45, 2.75) is 20.8 Å². The summed E-state index contributed by atoms with van der Waals surface area (Å²) in [6.07, 6.45) is 0. The first kappa shape index (κ1) is 11.4. The molecule has 1 aliphatic rings. The van der Waals surface area contributed by atoms with E-state index in [2.05, 4.69) is 0 Å². The van der Waals surface area contributed by atoms with Gasteiger partial charge in [0.25, 0.3) is 0 Å². The summed E-state index contributed by atoms with van der Waals surface area (Å²) in [4.78, 5) is 12.9. The fraction of sp³-hybridized carbons (Fsp3) is 0.889. The molecular formula is C9H19NO2. The standard InChI is InChI=1S/C7H13NO2.C2H6/c1-6-5-10-4-3-8(2)7(6)9;1-2/h6H,3-5H2,1-2H3;1-2H3. The number of amides is 1. The van der Waals surface area contributed by atoms with Gasteiger partial charge in [-0.3, -0.25) is 4.79 Å². The Morgan fingerprint density at radius 2 is 2.08 bits per heavy atom. The second-order valence-corrected chi connectivity index (χ2v) is 2.74. The predicted molar refractivity (Wildman–Crippen MR) is 49.0 cm³/mol. The van der Waals surface area contributed by atoms with E-state index >= 15 is 0 Å². The zero-order valence-electron chi connectivity index (χ0n) is 8.46. The second-order valence-electron chi connectivity index (χ2n) is 2.74. The Balaban J connectivity index is 0.000000561. The molecule has 0 spiro atoms. The Hall–Kier alpha value is -0.570. The Morgan fingerprint density at radius 1 is 1.50 bits per heavy atom. The van der Waals surface area contributed by atoms with Crippen molar-refractivity contribution in [1.29, 1.82) is 0 Å². The lowest BCUT2D eigenvalue weighted by atomic mass is 10.2. The summed E-state index contributed by atoms with van der Waals surface area (Å²) in [5.74, 6) is 0.227. The van der Waals surface area contributed by atoms with E-state index in [-0.39, 0.29) is 11.8 Å². The third-order valence-electron chi connectivity index (χ3n) is 1.74. The monoisotopic (exact) mass is 173 g/mol. The van der Waals surface area contributed by atoms with Gasteiger partial charge in [-0.2, -0.15) is 0 Å². The molecule has 1 amide bonds. The molecule has 72 valence electrons. The summed E-state index contributed by atoms with van der Waals surface area (Å²) >= 11 is 0. The van der Waals surface area contributed by atoms with E-state index in [0.717, 1.165) is 6.54 Å². The van der Waals surface area contributed by atoms with Crippen molar-refractivity contribution < 1.29 is 9.53 Å². The molecule has 0 aliphatic carbocycles. The van der Waals surface area contributed by atoms with E-state index in [1.807, 2.05) is 27.8 Å². The van der Waals surface area contributed by atoms with E-state index in [4.69, 9.17) is 4.74 Å². The third kappa shape index (κ3) is 3.22. The third-order valence-corrected chi connectivity index (χ3v) is 1.74. The van der Waals surface area contributed by atoms with E-state index in [1.165, 1.54) is 0 Å². The molecule has 3 heteroatoms. The van der Waals surface area contributed by atoms with Gasteiger partial charge in [-0.15, -0.1) is 0 Å². The van der Waals surface area contributed by atoms with E-state index in [9.17, 15) is 4.79 Å². The molecule has 0 bridgehead atoms. The summed E-state index contributed by atoms with van der Waals surface area (Å²) in [5, 5.41) is 0. The van der Waals surface area contributed by atoms with E-state index < -0.39 is 0 Å². The van der Waals surface area contributed by atoms with Gasteiger partial charge in [-0.05, 0) is 0 Å². The van der Waals surface area contributed by atoms with E-state index in [1.54, 1.807) is 4.90 Å². The fourth-order valence-corrected chi connectivity index (χ4v) is 1.02. The average Bonchev–Trinajstić information content (AvgIpc) is 2.24.